The van der Waals surface area contributed by atoms with E-state index in [9.17, 15) is 17.6 Å². The summed E-state index contributed by atoms with van der Waals surface area (Å²) in [5, 5.41) is 0.648. The highest BCUT2D eigenvalue weighted by Crippen LogP contribution is 2.27. The third-order valence-electron chi connectivity index (χ3n) is 2.50. The Morgan fingerprint density at radius 2 is 1.94 bits per heavy atom. The Hall–Kier alpha value is -1.72. The maximum atomic E-state index is 12.9. The number of nitrogens with zero attached hydrogens (tertiary/aromatic N) is 1. The molecule has 6 heteroatoms. The van der Waals surface area contributed by atoms with Gasteiger partial charge in [0.15, 0.2) is 0 Å². The van der Waals surface area contributed by atoms with Gasteiger partial charge >= 0.3 is 12.3 Å². The van der Waals surface area contributed by atoms with Crippen LogP contribution in [-0.4, -0.2) is 16.9 Å². The molecule has 2 nitrogen and oxygen atoms in total. The lowest BCUT2D eigenvalue weighted by molar-refractivity contribution is -0.137. The van der Waals surface area contributed by atoms with Crippen molar-refractivity contribution in [3.05, 3.63) is 30.5 Å². The number of aromatic nitrogens is 1. The highest BCUT2D eigenvalue weighted by atomic mass is 19.3. The molecule has 0 saturated heterocycles. The molecule has 0 aliphatic rings. The van der Waals surface area contributed by atoms with Crippen LogP contribution in [0, 0.1) is 0 Å². The predicted octanol–water partition coefficient (Wildman–Crippen LogP) is 3.12. The summed E-state index contributed by atoms with van der Waals surface area (Å²) in [4.78, 5) is 0. The van der Waals surface area contributed by atoms with Crippen molar-refractivity contribution in [1.82, 2.24) is 4.57 Å². The minimum atomic E-state index is -4.03. The van der Waals surface area contributed by atoms with E-state index in [2.05, 4.69) is 0 Å². The summed E-state index contributed by atoms with van der Waals surface area (Å²) in [6, 6.07) is 6.24. The molecule has 2 N–H and O–H groups in total. The molecule has 0 atom stereocenters. The summed E-state index contributed by atoms with van der Waals surface area (Å²) in [6.45, 7) is -1.04. The van der Waals surface area contributed by atoms with Crippen molar-refractivity contribution in [1.29, 1.82) is 0 Å². The number of nitrogen functional groups attached to an aromatic ring is 1. The smallest absolute Gasteiger partial charge is 0.324 e. The number of benzene rings is 1. The van der Waals surface area contributed by atoms with Gasteiger partial charge in [-0.3, -0.25) is 0 Å². The number of fused-ring (bicyclic) bond motifs is 1. The minimum absolute atomic E-state index is 0.458. The van der Waals surface area contributed by atoms with E-state index < -0.39 is 18.9 Å². The Morgan fingerprint density at radius 1 is 1.24 bits per heavy atom. The molecule has 2 aromatic rings. The van der Waals surface area contributed by atoms with Crippen LogP contribution in [0.2, 0.25) is 0 Å². The first kappa shape index (κ1) is 11.8. The first-order chi connectivity index (χ1) is 7.90. The Morgan fingerprint density at radius 3 is 2.59 bits per heavy atom. The number of hydrogen-bond acceptors (Lipinski definition) is 1. The average Bonchev–Trinajstić information content (AvgIpc) is 2.60. The van der Waals surface area contributed by atoms with Gasteiger partial charge in [-0.05, 0) is 24.3 Å². The summed E-state index contributed by atoms with van der Waals surface area (Å²) >= 11 is 0. The van der Waals surface area contributed by atoms with Crippen molar-refractivity contribution in [2.24, 2.45) is 0 Å². The zero-order chi connectivity index (χ0) is 12.6. The molecule has 0 bridgehead atoms. The number of rotatable bonds is 3. The van der Waals surface area contributed by atoms with Crippen molar-refractivity contribution < 1.29 is 17.6 Å². The van der Waals surface area contributed by atoms with Crippen LogP contribution in [0.5, 0.6) is 0 Å². The molecule has 0 radical (unpaired) electrons. The van der Waals surface area contributed by atoms with E-state index in [1.54, 1.807) is 18.2 Å². The highest BCUT2D eigenvalue weighted by Gasteiger charge is 2.41. The van der Waals surface area contributed by atoms with Crippen molar-refractivity contribution in [2.45, 2.75) is 18.9 Å². The summed E-state index contributed by atoms with van der Waals surface area (Å²) in [5.41, 5.74) is 6.49. The van der Waals surface area contributed by atoms with E-state index >= 15 is 0 Å². The van der Waals surface area contributed by atoms with Crippen LogP contribution >= 0.6 is 0 Å². The van der Waals surface area contributed by atoms with Gasteiger partial charge in [0, 0.05) is 22.8 Å². The van der Waals surface area contributed by atoms with Crippen LogP contribution in [0.3, 0.4) is 0 Å². The van der Waals surface area contributed by atoms with Gasteiger partial charge in [0.2, 0.25) is 0 Å². The normalized spacial score (nSPS) is 12.5. The van der Waals surface area contributed by atoms with Crippen LogP contribution in [0.15, 0.2) is 30.5 Å². The SMILES string of the molecule is Nc1ccc2c(ccn2CC(F)(F)C(F)F)c1. The third-order valence-corrected chi connectivity index (χ3v) is 2.50. The molecule has 1 aromatic carbocycles. The average molecular weight is 246 g/mol. The zero-order valence-corrected chi connectivity index (χ0v) is 8.71. The van der Waals surface area contributed by atoms with E-state index in [1.165, 1.54) is 12.3 Å². The topological polar surface area (TPSA) is 30.9 Å². The van der Waals surface area contributed by atoms with Crippen molar-refractivity contribution >= 4 is 16.6 Å². The molecule has 0 saturated carbocycles. The lowest BCUT2D eigenvalue weighted by Crippen LogP contribution is -2.31. The standard InChI is InChI=1S/C11H10F4N2/c12-10(13)11(14,15)6-17-4-3-7-5-8(16)1-2-9(7)17/h1-5,10H,6,16H2. The van der Waals surface area contributed by atoms with Crippen LogP contribution in [0.4, 0.5) is 23.2 Å². The number of nitrogens with two attached hydrogens (primary N) is 1. The molecular weight excluding hydrogens is 236 g/mol. The fourth-order valence-electron chi connectivity index (χ4n) is 1.65. The van der Waals surface area contributed by atoms with E-state index in [-0.39, 0.29) is 0 Å². The van der Waals surface area contributed by atoms with Crippen LogP contribution in [0.1, 0.15) is 0 Å². The quantitative estimate of drug-likeness (QED) is 0.654. The van der Waals surface area contributed by atoms with Gasteiger partial charge in [-0.1, -0.05) is 0 Å². The minimum Gasteiger partial charge on any atom is -0.399 e. The van der Waals surface area contributed by atoms with Gasteiger partial charge in [-0.25, -0.2) is 8.78 Å². The summed E-state index contributed by atoms with van der Waals surface area (Å²) < 4.78 is 51.1. The summed E-state index contributed by atoms with van der Waals surface area (Å²) in [7, 11) is 0. The maximum Gasteiger partial charge on any atom is 0.324 e. The molecule has 1 heterocycles. The lowest BCUT2D eigenvalue weighted by Gasteiger charge is -2.16. The maximum absolute atomic E-state index is 12.9. The zero-order valence-electron chi connectivity index (χ0n) is 8.71. The lowest BCUT2D eigenvalue weighted by atomic mass is 10.2. The van der Waals surface area contributed by atoms with E-state index in [4.69, 9.17) is 5.73 Å². The fourth-order valence-corrected chi connectivity index (χ4v) is 1.65. The third kappa shape index (κ3) is 2.20. The monoisotopic (exact) mass is 246 g/mol. The van der Waals surface area contributed by atoms with Gasteiger partial charge in [-0.2, -0.15) is 8.78 Å². The molecule has 0 aliphatic carbocycles. The molecular formula is C11H10F4N2. The van der Waals surface area contributed by atoms with Crippen LogP contribution in [0.25, 0.3) is 10.9 Å². The molecule has 0 amide bonds. The Balaban J connectivity index is 2.37. The van der Waals surface area contributed by atoms with Gasteiger partial charge in [0.25, 0.3) is 0 Å². The largest absolute Gasteiger partial charge is 0.399 e. The molecule has 2 rings (SSSR count). The van der Waals surface area contributed by atoms with Gasteiger partial charge in [-0.15, -0.1) is 0 Å². The van der Waals surface area contributed by atoms with E-state index in [0.717, 1.165) is 4.57 Å². The number of anilines is 1. The van der Waals surface area contributed by atoms with Gasteiger partial charge in [0.05, 0.1) is 6.54 Å². The van der Waals surface area contributed by atoms with Crippen LogP contribution < -0.4 is 5.73 Å². The molecule has 0 unspecified atom stereocenters. The Bertz CT molecular complexity index is 533. The molecule has 1 aromatic heterocycles. The fraction of sp³-hybridized carbons (Fsp3) is 0.273. The van der Waals surface area contributed by atoms with Crippen molar-refractivity contribution in [3.8, 4) is 0 Å². The predicted molar refractivity (Wildman–Crippen MR) is 57.3 cm³/mol. The second kappa shape index (κ2) is 3.94. The molecule has 0 aliphatic heterocycles. The van der Waals surface area contributed by atoms with E-state index in [0.29, 0.717) is 16.6 Å². The second-order valence-electron chi connectivity index (χ2n) is 3.82. The number of hydrogen-bond donors (Lipinski definition) is 1. The molecule has 92 valence electrons. The van der Waals surface area contributed by atoms with Crippen LogP contribution in [-0.2, 0) is 6.54 Å². The molecule has 0 spiro atoms. The van der Waals surface area contributed by atoms with Crippen molar-refractivity contribution in [3.63, 3.8) is 0 Å². The summed E-state index contributed by atoms with van der Waals surface area (Å²) in [5.74, 6) is -4.03. The van der Waals surface area contributed by atoms with Gasteiger partial charge in [0.1, 0.15) is 0 Å². The molecule has 0 fully saturated rings. The van der Waals surface area contributed by atoms with E-state index in [1.807, 2.05) is 0 Å². The second-order valence-corrected chi connectivity index (χ2v) is 3.82. The Labute approximate surface area is 94.6 Å². The highest BCUT2D eigenvalue weighted by molar-refractivity contribution is 5.83. The first-order valence-corrected chi connectivity index (χ1v) is 4.90. The van der Waals surface area contributed by atoms with Gasteiger partial charge < -0.3 is 10.3 Å². The van der Waals surface area contributed by atoms with Crippen molar-refractivity contribution in [2.75, 3.05) is 5.73 Å². The first-order valence-electron chi connectivity index (χ1n) is 4.90. The number of halogens is 4. The molecule has 17 heavy (non-hydrogen) atoms. The Kier molecular flexibility index (Phi) is 2.73. The number of alkyl halides is 4. The summed E-state index contributed by atoms with van der Waals surface area (Å²) in [6.07, 6.45) is -2.32.